The third-order valence-electron chi connectivity index (χ3n) is 6.38. The number of rotatable bonds is 10. The number of halogens is 5. The third-order valence-corrected chi connectivity index (χ3v) is 6.38. The molecule has 1 aromatic heterocycles. The molecule has 6 nitrogen and oxygen atoms in total. The van der Waals surface area contributed by atoms with Crippen LogP contribution in [-0.2, 0) is 9.53 Å². The predicted molar refractivity (Wildman–Crippen MR) is 112 cm³/mol. The van der Waals surface area contributed by atoms with E-state index in [0.717, 1.165) is 26.7 Å². The Hall–Kier alpha value is -2.27. The third kappa shape index (κ3) is 5.46. The molecule has 33 heavy (non-hydrogen) atoms. The number of benzene rings is 1. The number of hydrogen-bond donors (Lipinski definition) is 3. The van der Waals surface area contributed by atoms with Crippen LogP contribution in [0.4, 0.5) is 22.0 Å². The van der Waals surface area contributed by atoms with Crippen molar-refractivity contribution < 1.29 is 31.5 Å². The largest absolute Gasteiger partial charge is 0.416 e. The molecule has 0 bridgehead atoms. The van der Waals surface area contributed by atoms with E-state index in [4.69, 9.17) is 16.2 Å². The number of carbonyl (C=O) groups excluding carboxylic acids is 1. The van der Waals surface area contributed by atoms with Gasteiger partial charge in [-0.05, 0) is 56.2 Å². The average Bonchev–Trinajstić information content (AvgIpc) is 3.45. The van der Waals surface area contributed by atoms with Crippen molar-refractivity contribution in [2.45, 2.75) is 63.8 Å². The number of nitrogens with one attached hydrogen (secondary N) is 1. The number of carbonyl (C=O) groups is 1. The Morgan fingerprint density at radius 2 is 1.91 bits per heavy atom. The molecule has 3 rings (SSSR count). The van der Waals surface area contributed by atoms with Crippen LogP contribution in [0.1, 0.15) is 57.0 Å². The lowest BCUT2D eigenvalue weighted by molar-refractivity contribution is -0.264. The van der Waals surface area contributed by atoms with Gasteiger partial charge in [0.2, 0.25) is 12.3 Å². The number of primary amides is 1. The number of aromatic amines is 1. The van der Waals surface area contributed by atoms with E-state index in [0.29, 0.717) is 16.6 Å². The number of nitrogens with two attached hydrogens (primary N) is 2. The van der Waals surface area contributed by atoms with Crippen molar-refractivity contribution in [3.05, 3.63) is 29.6 Å². The SMILES string of the molecule is CC(C(F)F)C(C(N)=O)[C@H](c1ccc2nc([C@@H](N)COC(C)(C)C(F)(F)F)[nH]c2c1)C1CC1. The monoisotopic (exact) mass is 476 g/mol. The molecule has 1 aliphatic carbocycles. The summed E-state index contributed by atoms with van der Waals surface area (Å²) in [5.41, 5.74) is 10.9. The van der Waals surface area contributed by atoms with Crippen LogP contribution in [0.25, 0.3) is 11.0 Å². The molecule has 0 saturated heterocycles. The molecule has 0 radical (unpaired) electrons. The van der Waals surface area contributed by atoms with Gasteiger partial charge < -0.3 is 21.2 Å². The maximum Gasteiger partial charge on any atom is 0.416 e. The molecule has 0 aliphatic heterocycles. The molecule has 1 fully saturated rings. The summed E-state index contributed by atoms with van der Waals surface area (Å²) in [7, 11) is 0. The molecule has 4 atom stereocenters. The first-order chi connectivity index (χ1) is 15.2. The first-order valence-electron chi connectivity index (χ1n) is 10.8. The molecule has 1 aromatic carbocycles. The van der Waals surface area contributed by atoms with E-state index in [-0.39, 0.29) is 11.7 Å². The van der Waals surface area contributed by atoms with E-state index in [2.05, 4.69) is 9.97 Å². The molecule has 0 spiro atoms. The van der Waals surface area contributed by atoms with Gasteiger partial charge in [-0.1, -0.05) is 13.0 Å². The summed E-state index contributed by atoms with van der Waals surface area (Å²) in [5, 5.41) is 0. The summed E-state index contributed by atoms with van der Waals surface area (Å²) in [6, 6.07) is 4.16. The number of aromatic nitrogens is 2. The van der Waals surface area contributed by atoms with Gasteiger partial charge in [-0.2, -0.15) is 13.2 Å². The van der Waals surface area contributed by atoms with E-state index in [1.165, 1.54) is 6.92 Å². The Balaban J connectivity index is 1.86. The standard InChI is InChI=1S/C22H29F5N4O2/c1-10(18(23)24)16(19(29)32)17(11-4-5-11)12-6-7-14-15(8-12)31-20(30-14)13(28)9-33-21(2,3)22(25,26)27/h6-8,10-11,13,16-18H,4-5,9,28H2,1-3H3,(H2,29,32)(H,30,31)/t10?,13-,16?,17-/m0/s1. The van der Waals surface area contributed by atoms with E-state index in [1.807, 2.05) is 0 Å². The Morgan fingerprint density at radius 3 is 2.42 bits per heavy atom. The van der Waals surface area contributed by atoms with Crippen molar-refractivity contribution in [3.63, 3.8) is 0 Å². The summed E-state index contributed by atoms with van der Waals surface area (Å²) in [6.45, 7) is 2.74. The van der Waals surface area contributed by atoms with Gasteiger partial charge >= 0.3 is 6.18 Å². The van der Waals surface area contributed by atoms with Crippen molar-refractivity contribution in [2.24, 2.45) is 29.2 Å². The zero-order valence-electron chi connectivity index (χ0n) is 18.6. The highest BCUT2D eigenvalue weighted by molar-refractivity contribution is 5.80. The minimum Gasteiger partial charge on any atom is -0.369 e. The number of amides is 1. The quantitative estimate of drug-likeness (QED) is 0.442. The highest BCUT2D eigenvalue weighted by Gasteiger charge is 2.49. The molecule has 1 saturated carbocycles. The van der Waals surface area contributed by atoms with Crippen LogP contribution in [-0.4, -0.2) is 40.7 Å². The summed E-state index contributed by atoms with van der Waals surface area (Å²) in [5.74, 6) is -3.16. The average molecular weight is 476 g/mol. The number of imidazole rings is 1. The summed E-state index contributed by atoms with van der Waals surface area (Å²) < 4.78 is 70.9. The van der Waals surface area contributed by atoms with Crippen LogP contribution in [0.2, 0.25) is 0 Å². The van der Waals surface area contributed by atoms with Crippen molar-refractivity contribution in [2.75, 3.05) is 6.61 Å². The van der Waals surface area contributed by atoms with Crippen molar-refractivity contribution in [1.82, 2.24) is 9.97 Å². The van der Waals surface area contributed by atoms with Crippen LogP contribution < -0.4 is 11.5 Å². The molecule has 1 heterocycles. The van der Waals surface area contributed by atoms with Gasteiger partial charge in [-0.15, -0.1) is 0 Å². The maximum atomic E-state index is 13.5. The normalized spacial score (nSPS) is 19.0. The van der Waals surface area contributed by atoms with Gasteiger partial charge in [0.05, 0.1) is 29.6 Å². The highest BCUT2D eigenvalue weighted by Crippen LogP contribution is 2.49. The van der Waals surface area contributed by atoms with E-state index >= 15 is 0 Å². The first-order valence-corrected chi connectivity index (χ1v) is 10.8. The van der Waals surface area contributed by atoms with E-state index in [1.54, 1.807) is 18.2 Å². The van der Waals surface area contributed by atoms with E-state index in [9.17, 15) is 26.7 Å². The van der Waals surface area contributed by atoms with Crippen molar-refractivity contribution in [3.8, 4) is 0 Å². The number of fused-ring (bicyclic) bond motifs is 1. The molecule has 184 valence electrons. The van der Waals surface area contributed by atoms with Crippen LogP contribution in [0.3, 0.4) is 0 Å². The fourth-order valence-corrected chi connectivity index (χ4v) is 4.04. The molecular formula is C22H29F5N4O2. The Labute approximate surface area is 188 Å². The zero-order chi connectivity index (χ0) is 24.7. The lowest BCUT2D eigenvalue weighted by Crippen LogP contribution is -2.43. The Bertz CT molecular complexity index is 987. The molecule has 5 N–H and O–H groups in total. The second kappa shape index (κ2) is 9.17. The summed E-state index contributed by atoms with van der Waals surface area (Å²) in [6.07, 6.45) is -5.62. The molecular weight excluding hydrogens is 447 g/mol. The fourth-order valence-electron chi connectivity index (χ4n) is 4.04. The lowest BCUT2D eigenvalue weighted by Gasteiger charge is -2.29. The second-order valence-electron chi connectivity index (χ2n) is 9.31. The number of H-pyrrole nitrogens is 1. The second-order valence-corrected chi connectivity index (χ2v) is 9.31. The maximum absolute atomic E-state index is 13.5. The van der Waals surface area contributed by atoms with Crippen LogP contribution >= 0.6 is 0 Å². The summed E-state index contributed by atoms with van der Waals surface area (Å²) >= 11 is 0. The smallest absolute Gasteiger partial charge is 0.369 e. The van der Waals surface area contributed by atoms with E-state index < -0.39 is 54.5 Å². The summed E-state index contributed by atoms with van der Waals surface area (Å²) in [4.78, 5) is 19.4. The van der Waals surface area contributed by atoms with Gasteiger partial charge in [0, 0.05) is 5.92 Å². The van der Waals surface area contributed by atoms with Crippen LogP contribution in [0.15, 0.2) is 18.2 Å². The minimum absolute atomic E-state index is 0.0730. The predicted octanol–water partition coefficient (Wildman–Crippen LogP) is 4.42. The highest BCUT2D eigenvalue weighted by atomic mass is 19.4. The topological polar surface area (TPSA) is 107 Å². The first kappa shape index (κ1) is 25.4. The number of ether oxygens (including phenoxy) is 1. The van der Waals surface area contributed by atoms with Crippen LogP contribution in [0, 0.1) is 17.8 Å². The minimum atomic E-state index is -4.56. The molecule has 2 aromatic rings. The van der Waals surface area contributed by atoms with Gasteiger partial charge in [-0.25, -0.2) is 13.8 Å². The Kier molecular flexibility index (Phi) is 7.05. The van der Waals surface area contributed by atoms with Gasteiger partial charge in [0.15, 0.2) is 5.60 Å². The van der Waals surface area contributed by atoms with Gasteiger partial charge in [0.25, 0.3) is 0 Å². The number of hydrogen-bond acceptors (Lipinski definition) is 4. The molecule has 1 amide bonds. The molecule has 1 aliphatic rings. The van der Waals surface area contributed by atoms with Crippen molar-refractivity contribution >= 4 is 16.9 Å². The van der Waals surface area contributed by atoms with Gasteiger partial charge in [0.1, 0.15) is 5.82 Å². The Morgan fingerprint density at radius 1 is 1.27 bits per heavy atom. The van der Waals surface area contributed by atoms with Gasteiger partial charge in [-0.3, -0.25) is 4.79 Å². The fraction of sp³-hybridized carbons (Fsp3) is 0.636. The molecule has 11 heteroatoms. The molecule has 2 unspecified atom stereocenters. The van der Waals surface area contributed by atoms with Crippen molar-refractivity contribution in [1.29, 1.82) is 0 Å². The lowest BCUT2D eigenvalue weighted by atomic mass is 9.75. The number of alkyl halides is 5. The zero-order valence-corrected chi connectivity index (χ0v) is 18.6. The van der Waals surface area contributed by atoms with Crippen LogP contribution in [0.5, 0.6) is 0 Å². The number of nitrogens with zero attached hydrogens (tertiary/aromatic N) is 1.